The van der Waals surface area contributed by atoms with E-state index < -0.39 is 0 Å². The van der Waals surface area contributed by atoms with Crippen LogP contribution in [0.25, 0.3) is 5.57 Å². The molecular weight excluding hydrogens is 446 g/mol. The first kappa shape index (κ1) is 27.7. The Labute approximate surface area is 217 Å². The maximum atomic E-state index is 5.78. The lowest BCUT2D eigenvalue weighted by atomic mass is 9.97. The molecule has 0 bridgehead atoms. The predicted octanol–water partition coefficient (Wildman–Crippen LogP) is 7.37. The molecule has 0 aliphatic carbocycles. The van der Waals surface area contributed by atoms with Crippen LogP contribution >= 0.6 is 0 Å². The van der Waals surface area contributed by atoms with Crippen LogP contribution in [0.2, 0.25) is 0 Å². The van der Waals surface area contributed by atoms with Gasteiger partial charge in [0.25, 0.3) is 0 Å². The van der Waals surface area contributed by atoms with Crippen molar-refractivity contribution in [1.29, 1.82) is 0 Å². The quantitative estimate of drug-likeness (QED) is 0.209. The van der Waals surface area contributed by atoms with Gasteiger partial charge in [0.1, 0.15) is 5.75 Å². The molecule has 192 valence electrons. The minimum absolute atomic E-state index is 0.141. The van der Waals surface area contributed by atoms with E-state index in [1.54, 1.807) is 7.11 Å². The van der Waals surface area contributed by atoms with Crippen LogP contribution in [0.5, 0.6) is 5.75 Å². The zero-order valence-corrected chi connectivity index (χ0v) is 22.2. The number of benzene rings is 3. The normalized spacial score (nSPS) is 12.1. The zero-order chi connectivity index (χ0) is 25.6. The van der Waals surface area contributed by atoms with Gasteiger partial charge < -0.3 is 14.2 Å². The second-order valence-electron chi connectivity index (χ2n) is 8.78. The lowest BCUT2D eigenvalue weighted by molar-refractivity contribution is -0.140. The average molecular weight is 488 g/mol. The van der Waals surface area contributed by atoms with Gasteiger partial charge >= 0.3 is 0 Å². The smallest absolute Gasteiger partial charge is 0.157 e. The third-order valence-electron chi connectivity index (χ3n) is 6.44. The fourth-order valence-electron chi connectivity index (χ4n) is 4.43. The summed E-state index contributed by atoms with van der Waals surface area (Å²) in [6, 6.07) is 29.9. The van der Waals surface area contributed by atoms with E-state index in [2.05, 4.69) is 90.7 Å². The van der Waals surface area contributed by atoms with Crippen LogP contribution in [0.1, 0.15) is 56.3 Å². The summed E-state index contributed by atoms with van der Waals surface area (Å²) in [6.07, 6.45) is 4.09. The molecule has 1 atom stereocenters. The number of rotatable bonds is 15. The van der Waals surface area contributed by atoms with Gasteiger partial charge in [-0.05, 0) is 74.6 Å². The minimum Gasteiger partial charge on any atom is -0.497 e. The predicted molar refractivity (Wildman–Crippen MR) is 149 cm³/mol. The largest absolute Gasteiger partial charge is 0.497 e. The molecule has 0 spiro atoms. The fourth-order valence-corrected chi connectivity index (χ4v) is 4.43. The van der Waals surface area contributed by atoms with Gasteiger partial charge in [-0.25, -0.2) is 0 Å². The highest BCUT2D eigenvalue weighted by Crippen LogP contribution is 2.27. The molecule has 3 aromatic rings. The van der Waals surface area contributed by atoms with Crippen LogP contribution in [0.3, 0.4) is 0 Å². The lowest BCUT2D eigenvalue weighted by Crippen LogP contribution is -2.30. The molecule has 0 aliphatic heterocycles. The molecule has 4 heteroatoms. The highest BCUT2D eigenvalue weighted by atomic mass is 16.7. The molecule has 0 aliphatic rings. The van der Waals surface area contributed by atoms with Gasteiger partial charge in [0.15, 0.2) is 6.29 Å². The topological polar surface area (TPSA) is 30.9 Å². The third-order valence-corrected chi connectivity index (χ3v) is 6.44. The molecule has 1 unspecified atom stereocenters. The summed E-state index contributed by atoms with van der Waals surface area (Å²) >= 11 is 0. The Morgan fingerprint density at radius 1 is 0.806 bits per heavy atom. The van der Waals surface area contributed by atoms with E-state index in [1.807, 2.05) is 26.0 Å². The van der Waals surface area contributed by atoms with Gasteiger partial charge in [0.05, 0.1) is 7.11 Å². The van der Waals surface area contributed by atoms with E-state index in [0.29, 0.717) is 13.2 Å². The molecule has 0 radical (unpaired) electrons. The molecule has 4 nitrogen and oxygen atoms in total. The van der Waals surface area contributed by atoms with Crippen molar-refractivity contribution in [2.45, 2.75) is 45.9 Å². The fraction of sp³-hybridized carbons (Fsp3) is 0.375. The summed E-state index contributed by atoms with van der Waals surface area (Å²) < 4.78 is 16.9. The summed E-state index contributed by atoms with van der Waals surface area (Å²) in [6.45, 7) is 9.42. The first-order valence-corrected chi connectivity index (χ1v) is 13.1. The molecule has 3 rings (SSSR count). The van der Waals surface area contributed by atoms with Gasteiger partial charge in [0.2, 0.25) is 0 Å². The second-order valence-corrected chi connectivity index (χ2v) is 8.78. The Kier molecular flexibility index (Phi) is 11.7. The zero-order valence-electron chi connectivity index (χ0n) is 22.2. The summed E-state index contributed by atoms with van der Waals surface area (Å²) in [5, 5.41) is 0. The van der Waals surface area contributed by atoms with E-state index in [1.165, 1.54) is 22.3 Å². The molecule has 0 N–H and O–H groups in total. The number of nitrogens with zero attached hydrogens (tertiary/aromatic N) is 1. The SMILES string of the molecule is CCOC(CCCN(CC=C(c1ccccc1)c1ccccc1)C(C)c1ccc(OC)cc1)OCC. The van der Waals surface area contributed by atoms with Gasteiger partial charge in [-0.2, -0.15) is 0 Å². The Hall–Kier alpha value is -2.92. The molecule has 3 aromatic carbocycles. The maximum Gasteiger partial charge on any atom is 0.157 e. The van der Waals surface area contributed by atoms with Crippen LogP contribution in [0.15, 0.2) is 91.0 Å². The lowest BCUT2D eigenvalue weighted by Gasteiger charge is -2.29. The van der Waals surface area contributed by atoms with Crippen LogP contribution in [-0.2, 0) is 9.47 Å². The van der Waals surface area contributed by atoms with Crippen molar-refractivity contribution in [2.75, 3.05) is 33.4 Å². The van der Waals surface area contributed by atoms with Crippen LogP contribution in [0, 0.1) is 0 Å². The van der Waals surface area contributed by atoms with Gasteiger partial charge in [-0.15, -0.1) is 0 Å². The Balaban J connectivity index is 1.84. The third kappa shape index (κ3) is 8.34. The van der Waals surface area contributed by atoms with E-state index in [0.717, 1.165) is 31.7 Å². The van der Waals surface area contributed by atoms with Crippen molar-refractivity contribution in [3.63, 3.8) is 0 Å². The first-order valence-electron chi connectivity index (χ1n) is 13.1. The molecule has 0 aromatic heterocycles. The van der Waals surface area contributed by atoms with Crippen molar-refractivity contribution in [3.05, 3.63) is 108 Å². The van der Waals surface area contributed by atoms with Crippen LogP contribution in [-0.4, -0.2) is 44.6 Å². The maximum absolute atomic E-state index is 5.78. The number of hydrogen-bond acceptors (Lipinski definition) is 4. The second kappa shape index (κ2) is 15.2. The molecule has 0 amide bonds. The molecule has 0 saturated heterocycles. The van der Waals surface area contributed by atoms with Crippen molar-refractivity contribution in [1.82, 2.24) is 4.90 Å². The number of methoxy groups -OCH3 is 1. The van der Waals surface area contributed by atoms with E-state index in [9.17, 15) is 0 Å². The molecular formula is C32H41NO3. The Bertz CT molecular complexity index is 971. The van der Waals surface area contributed by atoms with Crippen LogP contribution < -0.4 is 4.74 Å². The molecule has 0 heterocycles. The highest BCUT2D eigenvalue weighted by Gasteiger charge is 2.17. The van der Waals surface area contributed by atoms with Gasteiger partial charge in [-0.1, -0.05) is 78.9 Å². The van der Waals surface area contributed by atoms with Crippen molar-refractivity contribution in [3.8, 4) is 5.75 Å². The Morgan fingerprint density at radius 3 is 1.86 bits per heavy atom. The summed E-state index contributed by atoms with van der Waals surface area (Å²) in [4.78, 5) is 2.53. The van der Waals surface area contributed by atoms with E-state index >= 15 is 0 Å². The van der Waals surface area contributed by atoms with Crippen LogP contribution in [0.4, 0.5) is 0 Å². The summed E-state index contributed by atoms with van der Waals surface area (Å²) in [5.74, 6) is 0.879. The highest BCUT2D eigenvalue weighted by molar-refractivity contribution is 5.79. The minimum atomic E-state index is -0.141. The van der Waals surface area contributed by atoms with Gasteiger partial charge in [0, 0.05) is 25.8 Å². The molecule has 0 saturated carbocycles. The monoisotopic (exact) mass is 487 g/mol. The van der Waals surface area contributed by atoms with E-state index in [4.69, 9.17) is 14.2 Å². The molecule has 36 heavy (non-hydrogen) atoms. The summed E-state index contributed by atoms with van der Waals surface area (Å²) in [5.41, 5.74) is 4.99. The first-order chi connectivity index (χ1) is 17.7. The standard InChI is InChI=1S/C32H41NO3/c1-5-35-32(36-6-2)18-13-24-33(26(3)27-19-21-30(34-4)22-20-27)25-23-31(28-14-9-7-10-15-28)29-16-11-8-12-17-29/h7-12,14-17,19-23,26,32H,5-6,13,18,24-25H2,1-4H3. The summed E-state index contributed by atoms with van der Waals surface area (Å²) in [7, 11) is 1.71. The van der Waals surface area contributed by atoms with Gasteiger partial charge in [-0.3, -0.25) is 4.90 Å². The molecule has 0 fully saturated rings. The Morgan fingerprint density at radius 2 is 1.36 bits per heavy atom. The average Bonchev–Trinajstić information content (AvgIpc) is 2.93. The van der Waals surface area contributed by atoms with Crippen molar-refractivity contribution < 1.29 is 14.2 Å². The van der Waals surface area contributed by atoms with Crippen molar-refractivity contribution in [2.24, 2.45) is 0 Å². The van der Waals surface area contributed by atoms with E-state index in [-0.39, 0.29) is 12.3 Å². The number of hydrogen-bond donors (Lipinski definition) is 0. The van der Waals surface area contributed by atoms with Crippen molar-refractivity contribution >= 4 is 5.57 Å². The number of ether oxygens (including phenoxy) is 3.